The molecule has 25 heavy (non-hydrogen) atoms. The molecule has 0 radical (unpaired) electrons. The zero-order valence-electron chi connectivity index (χ0n) is 14.1. The fourth-order valence-electron chi connectivity index (χ4n) is 3.51. The van der Waals surface area contributed by atoms with Crippen LogP contribution in [0.1, 0.15) is 35.5 Å². The number of nitrogens with one attached hydrogen (secondary N) is 1. The Morgan fingerprint density at radius 2 is 1.80 bits per heavy atom. The van der Waals surface area contributed by atoms with Crippen LogP contribution in [0.3, 0.4) is 0 Å². The molecular formula is C21H20N2O2. The fraction of sp³-hybridized carbons (Fsp3) is 0.190. The van der Waals surface area contributed by atoms with E-state index in [0.29, 0.717) is 5.76 Å². The Morgan fingerprint density at radius 1 is 1.04 bits per heavy atom. The van der Waals surface area contributed by atoms with Gasteiger partial charge >= 0.3 is 0 Å². The average molecular weight is 332 g/mol. The van der Waals surface area contributed by atoms with Gasteiger partial charge in [-0.15, -0.1) is 0 Å². The Hall–Kier alpha value is -3.01. The zero-order valence-corrected chi connectivity index (χ0v) is 14.1. The number of para-hydroxylation sites is 2. The smallest absolute Gasteiger partial charge is 0.294 e. The number of carbonyl (C=O) groups excluding carboxylic acids is 1. The molecule has 0 fully saturated rings. The maximum atomic E-state index is 12.9. The van der Waals surface area contributed by atoms with Crippen LogP contribution in [-0.4, -0.2) is 11.9 Å². The topological polar surface area (TPSA) is 45.5 Å². The molecule has 2 heterocycles. The number of benzene rings is 2. The summed E-state index contributed by atoms with van der Waals surface area (Å²) in [4.78, 5) is 14.8. The first-order chi connectivity index (χ1) is 12.2. The first-order valence-corrected chi connectivity index (χ1v) is 8.51. The first kappa shape index (κ1) is 15.5. The van der Waals surface area contributed by atoms with Crippen LogP contribution in [0.15, 0.2) is 77.4 Å². The molecule has 126 valence electrons. The lowest BCUT2D eigenvalue weighted by Gasteiger charge is -2.39. The number of furan rings is 1. The van der Waals surface area contributed by atoms with Crippen LogP contribution in [0.5, 0.6) is 0 Å². The van der Waals surface area contributed by atoms with Crippen LogP contribution in [0.25, 0.3) is 0 Å². The lowest BCUT2D eigenvalue weighted by molar-refractivity contribution is 0.0947. The highest BCUT2D eigenvalue weighted by molar-refractivity contribution is 6.05. The minimum Gasteiger partial charge on any atom is -0.459 e. The van der Waals surface area contributed by atoms with E-state index in [2.05, 4.69) is 30.4 Å². The number of amides is 1. The Kier molecular flexibility index (Phi) is 4.02. The largest absolute Gasteiger partial charge is 0.459 e. The lowest BCUT2D eigenvalue weighted by Crippen LogP contribution is -2.44. The summed E-state index contributed by atoms with van der Waals surface area (Å²) in [7, 11) is 0. The molecular weight excluding hydrogens is 312 g/mol. The number of nitrogens with zero attached hydrogens (tertiary/aromatic N) is 1. The van der Waals surface area contributed by atoms with Crippen molar-refractivity contribution in [3.63, 3.8) is 0 Å². The highest BCUT2D eigenvalue weighted by Crippen LogP contribution is 2.39. The Bertz CT molecular complexity index is 859. The third-order valence-corrected chi connectivity index (χ3v) is 4.65. The number of hydrogen-bond donors (Lipinski definition) is 1. The SMILES string of the molecule is C[C@@H]1C[C@H](Nc2ccccc2)c2ccccc2N1C(=O)c1ccco1. The van der Waals surface area contributed by atoms with Crippen LogP contribution in [-0.2, 0) is 0 Å². The summed E-state index contributed by atoms with van der Waals surface area (Å²) in [6.45, 7) is 2.08. The van der Waals surface area contributed by atoms with E-state index < -0.39 is 0 Å². The monoisotopic (exact) mass is 332 g/mol. The predicted molar refractivity (Wildman–Crippen MR) is 98.8 cm³/mol. The third-order valence-electron chi connectivity index (χ3n) is 4.65. The Morgan fingerprint density at radius 3 is 2.56 bits per heavy atom. The van der Waals surface area contributed by atoms with E-state index in [1.165, 1.54) is 6.26 Å². The van der Waals surface area contributed by atoms with Crippen LogP contribution in [0.4, 0.5) is 11.4 Å². The van der Waals surface area contributed by atoms with Gasteiger partial charge in [-0.25, -0.2) is 0 Å². The molecule has 1 aliphatic heterocycles. The highest BCUT2D eigenvalue weighted by Gasteiger charge is 2.34. The second kappa shape index (κ2) is 6.48. The van der Waals surface area contributed by atoms with E-state index in [0.717, 1.165) is 23.4 Å². The molecule has 0 unspecified atom stereocenters. The molecule has 4 heteroatoms. The average Bonchev–Trinajstić information content (AvgIpc) is 3.17. The van der Waals surface area contributed by atoms with E-state index in [1.807, 2.05) is 41.3 Å². The molecule has 1 aliphatic rings. The summed E-state index contributed by atoms with van der Waals surface area (Å²) >= 11 is 0. The number of carbonyl (C=O) groups is 1. The first-order valence-electron chi connectivity index (χ1n) is 8.51. The summed E-state index contributed by atoms with van der Waals surface area (Å²) in [5, 5.41) is 3.60. The molecule has 0 saturated carbocycles. The lowest BCUT2D eigenvalue weighted by atomic mass is 9.91. The quantitative estimate of drug-likeness (QED) is 0.744. The second-order valence-electron chi connectivity index (χ2n) is 6.36. The van der Waals surface area contributed by atoms with Crippen LogP contribution in [0.2, 0.25) is 0 Å². The zero-order chi connectivity index (χ0) is 17.2. The van der Waals surface area contributed by atoms with Crippen molar-refractivity contribution in [3.05, 3.63) is 84.3 Å². The van der Waals surface area contributed by atoms with Gasteiger partial charge in [0.25, 0.3) is 5.91 Å². The molecule has 3 aromatic rings. The van der Waals surface area contributed by atoms with Gasteiger partial charge in [0.1, 0.15) is 0 Å². The van der Waals surface area contributed by atoms with Gasteiger partial charge in [0.2, 0.25) is 0 Å². The van der Waals surface area contributed by atoms with E-state index in [1.54, 1.807) is 12.1 Å². The predicted octanol–water partition coefficient (Wildman–Crippen LogP) is 4.87. The van der Waals surface area contributed by atoms with Gasteiger partial charge < -0.3 is 14.6 Å². The van der Waals surface area contributed by atoms with Gasteiger partial charge in [-0.1, -0.05) is 36.4 Å². The van der Waals surface area contributed by atoms with Gasteiger partial charge in [0.05, 0.1) is 12.3 Å². The van der Waals surface area contributed by atoms with E-state index in [4.69, 9.17) is 4.42 Å². The van der Waals surface area contributed by atoms with Crippen molar-refractivity contribution in [2.24, 2.45) is 0 Å². The summed E-state index contributed by atoms with van der Waals surface area (Å²) < 4.78 is 5.33. The highest BCUT2D eigenvalue weighted by atomic mass is 16.3. The van der Waals surface area contributed by atoms with Crippen LogP contribution >= 0.6 is 0 Å². The number of rotatable bonds is 3. The van der Waals surface area contributed by atoms with Gasteiger partial charge in [-0.05, 0) is 49.2 Å². The minimum absolute atomic E-state index is 0.0636. The fourth-order valence-corrected chi connectivity index (χ4v) is 3.51. The van der Waals surface area contributed by atoms with Crippen molar-refractivity contribution in [2.75, 3.05) is 10.2 Å². The standard InChI is InChI=1S/C21H20N2O2/c1-15-14-18(22-16-8-3-2-4-9-16)17-10-5-6-11-19(17)23(15)21(24)20-12-7-13-25-20/h2-13,15,18,22H,14H2,1H3/t15-,18+/m1/s1. The molecule has 1 aromatic heterocycles. The Labute approximate surface area is 147 Å². The van der Waals surface area contributed by atoms with E-state index in [-0.39, 0.29) is 18.0 Å². The normalized spacial score (nSPS) is 19.3. The van der Waals surface area contributed by atoms with Gasteiger partial charge in [0.15, 0.2) is 5.76 Å². The molecule has 0 aliphatic carbocycles. The van der Waals surface area contributed by atoms with Crippen LogP contribution < -0.4 is 10.2 Å². The molecule has 4 nitrogen and oxygen atoms in total. The molecule has 1 N–H and O–H groups in total. The molecule has 2 atom stereocenters. The van der Waals surface area contributed by atoms with Gasteiger partial charge in [0, 0.05) is 17.4 Å². The number of hydrogen-bond acceptors (Lipinski definition) is 3. The van der Waals surface area contributed by atoms with Crippen molar-refractivity contribution >= 4 is 17.3 Å². The second-order valence-corrected chi connectivity index (χ2v) is 6.36. The number of fused-ring (bicyclic) bond motifs is 1. The summed E-state index contributed by atoms with van der Waals surface area (Å²) in [6.07, 6.45) is 2.37. The molecule has 1 amide bonds. The molecule has 0 saturated heterocycles. The van der Waals surface area contributed by atoms with Gasteiger partial charge in [-0.2, -0.15) is 0 Å². The van der Waals surface area contributed by atoms with Crippen molar-refractivity contribution in [3.8, 4) is 0 Å². The van der Waals surface area contributed by atoms with Crippen molar-refractivity contribution in [1.29, 1.82) is 0 Å². The van der Waals surface area contributed by atoms with Crippen molar-refractivity contribution < 1.29 is 9.21 Å². The molecule has 0 bridgehead atoms. The molecule has 2 aromatic carbocycles. The van der Waals surface area contributed by atoms with Crippen LogP contribution in [0, 0.1) is 0 Å². The van der Waals surface area contributed by atoms with E-state index >= 15 is 0 Å². The summed E-state index contributed by atoms with van der Waals surface area (Å²) in [5.74, 6) is 0.277. The van der Waals surface area contributed by atoms with Crippen molar-refractivity contribution in [2.45, 2.75) is 25.4 Å². The maximum Gasteiger partial charge on any atom is 0.294 e. The van der Waals surface area contributed by atoms with E-state index in [9.17, 15) is 4.79 Å². The Balaban J connectivity index is 1.69. The third kappa shape index (κ3) is 2.91. The molecule has 4 rings (SSSR count). The molecule has 0 spiro atoms. The summed E-state index contributed by atoms with van der Waals surface area (Å²) in [5.41, 5.74) is 3.15. The van der Waals surface area contributed by atoms with Gasteiger partial charge in [-0.3, -0.25) is 4.79 Å². The maximum absolute atomic E-state index is 12.9. The number of anilines is 2. The van der Waals surface area contributed by atoms with Crippen molar-refractivity contribution in [1.82, 2.24) is 0 Å². The minimum atomic E-state index is -0.0943. The summed E-state index contributed by atoms with van der Waals surface area (Å²) in [6, 6.07) is 21.9.